The smallest absolute Gasteiger partial charge is 0.407 e. The first kappa shape index (κ1) is 27.8. The molecule has 0 bridgehead atoms. The van der Waals surface area contributed by atoms with E-state index in [1.54, 1.807) is 10.9 Å². The third kappa shape index (κ3) is 5.61. The van der Waals surface area contributed by atoms with Gasteiger partial charge in [0.15, 0.2) is 0 Å². The minimum atomic E-state index is -0.967. The summed E-state index contributed by atoms with van der Waals surface area (Å²) in [6, 6.07) is 30.8. The lowest BCUT2D eigenvalue weighted by Crippen LogP contribution is -2.62. The molecule has 0 aliphatic carbocycles. The average Bonchev–Trinajstić information content (AvgIpc) is 3.31. The Kier molecular flexibility index (Phi) is 7.70. The molecule has 1 aliphatic heterocycles. The molecule has 9 heteroatoms. The minimum absolute atomic E-state index is 0.134. The number of aryl methyl sites for hydroxylation is 1. The van der Waals surface area contributed by atoms with Gasteiger partial charge in [-0.3, -0.25) is 9.48 Å². The Bertz CT molecular complexity index is 1390. The van der Waals surface area contributed by atoms with E-state index in [-0.39, 0.29) is 11.9 Å². The summed E-state index contributed by atoms with van der Waals surface area (Å²) < 4.78 is 1.80. The number of anilines is 2. The van der Waals surface area contributed by atoms with Crippen molar-refractivity contribution >= 4 is 23.5 Å². The number of carbonyl (C=O) groups is 2. The van der Waals surface area contributed by atoms with Gasteiger partial charge in [-0.1, -0.05) is 91.0 Å². The van der Waals surface area contributed by atoms with E-state index in [1.807, 2.05) is 75.5 Å². The Morgan fingerprint density at radius 2 is 1.37 bits per heavy atom. The summed E-state index contributed by atoms with van der Waals surface area (Å²) in [5, 5.41) is 23.9. The van der Waals surface area contributed by atoms with Gasteiger partial charge in [0.25, 0.3) is 0 Å². The SMILES string of the molecule is Cn1ncc(NCC(C)(C)C(=O)NC2CN(C(=O)O)C2)c1NC(c1ccccc1)(c1ccccc1)c1ccccc1. The average molecular weight is 553 g/mol. The maximum atomic E-state index is 13.1. The maximum absolute atomic E-state index is 13.1. The molecule has 0 unspecified atom stereocenters. The fraction of sp³-hybridized carbons (Fsp3) is 0.281. The molecule has 1 fully saturated rings. The normalized spacial score (nSPS) is 13.8. The van der Waals surface area contributed by atoms with Crippen molar-refractivity contribution < 1.29 is 14.7 Å². The molecule has 0 spiro atoms. The van der Waals surface area contributed by atoms with Crippen molar-refractivity contribution in [1.82, 2.24) is 20.0 Å². The van der Waals surface area contributed by atoms with Crippen molar-refractivity contribution in [1.29, 1.82) is 0 Å². The van der Waals surface area contributed by atoms with E-state index in [2.05, 4.69) is 57.4 Å². The topological polar surface area (TPSA) is 112 Å². The first-order valence-corrected chi connectivity index (χ1v) is 13.7. The first-order chi connectivity index (χ1) is 19.7. The predicted molar refractivity (Wildman–Crippen MR) is 160 cm³/mol. The lowest BCUT2D eigenvalue weighted by atomic mass is 9.77. The molecule has 2 heterocycles. The van der Waals surface area contributed by atoms with Crippen LogP contribution in [0.5, 0.6) is 0 Å². The zero-order chi connectivity index (χ0) is 29.0. The Morgan fingerprint density at radius 1 is 0.878 bits per heavy atom. The molecule has 41 heavy (non-hydrogen) atoms. The van der Waals surface area contributed by atoms with Crippen LogP contribution in [-0.4, -0.2) is 57.5 Å². The standard InChI is InChI=1S/C32H36N6O3/c1-31(2,29(39)35-26-20-38(21-26)30(40)41)22-33-27-19-34-37(3)28(27)36-32(23-13-7-4-8-14-23,24-15-9-5-10-16-24)25-17-11-6-12-18-25/h4-19,26,33,36H,20-22H2,1-3H3,(H,35,39)(H,40,41). The second-order valence-electron chi connectivity index (χ2n) is 11.1. The van der Waals surface area contributed by atoms with Crippen molar-refractivity contribution in [3.63, 3.8) is 0 Å². The molecule has 1 aromatic heterocycles. The summed E-state index contributed by atoms with van der Waals surface area (Å²) in [4.78, 5) is 25.4. The molecule has 4 N–H and O–H groups in total. The number of nitrogens with zero attached hydrogens (tertiary/aromatic N) is 3. The van der Waals surface area contributed by atoms with Gasteiger partial charge in [0.2, 0.25) is 5.91 Å². The van der Waals surface area contributed by atoms with Gasteiger partial charge in [0, 0.05) is 26.7 Å². The number of amides is 2. The zero-order valence-electron chi connectivity index (χ0n) is 23.5. The molecule has 5 rings (SSSR count). The molecule has 1 aliphatic rings. The monoisotopic (exact) mass is 552 g/mol. The highest BCUT2D eigenvalue weighted by molar-refractivity contribution is 5.83. The lowest BCUT2D eigenvalue weighted by molar-refractivity contribution is -0.130. The van der Waals surface area contributed by atoms with Crippen molar-refractivity contribution in [3.8, 4) is 0 Å². The minimum Gasteiger partial charge on any atom is -0.465 e. The van der Waals surface area contributed by atoms with Crippen LogP contribution in [-0.2, 0) is 17.4 Å². The van der Waals surface area contributed by atoms with Crippen LogP contribution in [0.1, 0.15) is 30.5 Å². The van der Waals surface area contributed by atoms with Crippen LogP contribution in [0.2, 0.25) is 0 Å². The second kappa shape index (κ2) is 11.4. The van der Waals surface area contributed by atoms with Crippen LogP contribution in [0.25, 0.3) is 0 Å². The molecule has 9 nitrogen and oxygen atoms in total. The Morgan fingerprint density at radius 3 is 1.83 bits per heavy atom. The summed E-state index contributed by atoms with van der Waals surface area (Å²) in [5.74, 6) is 0.638. The summed E-state index contributed by atoms with van der Waals surface area (Å²) in [7, 11) is 1.89. The maximum Gasteiger partial charge on any atom is 0.407 e. The molecule has 2 amide bonds. The van der Waals surface area contributed by atoms with Gasteiger partial charge in [0.05, 0.1) is 23.3 Å². The van der Waals surface area contributed by atoms with Crippen LogP contribution in [0.3, 0.4) is 0 Å². The van der Waals surface area contributed by atoms with Crippen LogP contribution in [0.4, 0.5) is 16.3 Å². The largest absolute Gasteiger partial charge is 0.465 e. The molecule has 3 aromatic carbocycles. The fourth-order valence-corrected chi connectivity index (χ4v) is 5.18. The molecule has 0 atom stereocenters. The number of rotatable bonds is 10. The van der Waals surface area contributed by atoms with Gasteiger partial charge in [-0.25, -0.2) is 4.79 Å². The van der Waals surface area contributed by atoms with Gasteiger partial charge in [0.1, 0.15) is 11.4 Å². The third-order valence-corrected chi connectivity index (χ3v) is 7.69. The molecule has 1 saturated heterocycles. The first-order valence-electron chi connectivity index (χ1n) is 13.7. The van der Waals surface area contributed by atoms with E-state index in [9.17, 15) is 9.59 Å². The van der Waals surface area contributed by atoms with Crippen LogP contribution >= 0.6 is 0 Å². The molecular formula is C32H36N6O3. The van der Waals surface area contributed by atoms with Crippen LogP contribution in [0.15, 0.2) is 97.2 Å². The van der Waals surface area contributed by atoms with E-state index in [0.29, 0.717) is 19.6 Å². The summed E-state index contributed by atoms with van der Waals surface area (Å²) >= 11 is 0. The summed E-state index contributed by atoms with van der Waals surface area (Å²) in [6.45, 7) is 4.70. The third-order valence-electron chi connectivity index (χ3n) is 7.69. The van der Waals surface area contributed by atoms with Crippen molar-refractivity contribution in [2.45, 2.75) is 25.4 Å². The Labute approximate surface area is 240 Å². The lowest BCUT2D eigenvalue weighted by Gasteiger charge is -2.39. The van der Waals surface area contributed by atoms with Gasteiger partial charge >= 0.3 is 6.09 Å². The number of hydrogen-bond donors (Lipinski definition) is 4. The molecule has 0 saturated carbocycles. The van der Waals surface area contributed by atoms with E-state index >= 15 is 0 Å². The number of aromatic nitrogens is 2. The molecule has 4 aromatic rings. The quantitative estimate of drug-likeness (QED) is 0.212. The van der Waals surface area contributed by atoms with Gasteiger partial charge in [-0.2, -0.15) is 5.10 Å². The van der Waals surface area contributed by atoms with E-state index in [0.717, 1.165) is 28.2 Å². The molecule has 0 radical (unpaired) electrons. The zero-order valence-corrected chi connectivity index (χ0v) is 23.5. The summed E-state index contributed by atoms with van der Waals surface area (Å²) in [6.07, 6.45) is 0.796. The highest BCUT2D eigenvalue weighted by atomic mass is 16.4. The number of carbonyl (C=O) groups excluding carboxylic acids is 1. The number of hydrogen-bond acceptors (Lipinski definition) is 5. The van der Waals surface area contributed by atoms with Crippen molar-refractivity contribution in [2.75, 3.05) is 30.3 Å². The van der Waals surface area contributed by atoms with Crippen molar-refractivity contribution in [2.24, 2.45) is 12.5 Å². The van der Waals surface area contributed by atoms with Crippen LogP contribution in [0, 0.1) is 5.41 Å². The second-order valence-corrected chi connectivity index (χ2v) is 11.1. The van der Waals surface area contributed by atoms with E-state index < -0.39 is 17.0 Å². The van der Waals surface area contributed by atoms with Gasteiger partial charge < -0.3 is 26.0 Å². The number of carboxylic acid groups (broad SMARTS) is 1. The van der Waals surface area contributed by atoms with Gasteiger partial charge in [-0.05, 0) is 30.5 Å². The Balaban J connectivity index is 1.44. The van der Waals surface area contributed by atoms with Crippen molar-refractivity contribution in [3.05, 3.63) is 114 Å². The van der Waals surface area contributed by atoms with E-state index in [1.165, 1.54) is 4.90 Å². The number of likely N-dealkylation sites (tertiary alicyclic amines) is 1. The van der Waals surface area contributed by atoms with Crippen LogP contribution < -0.4 is 16.0 Å². The van der Waals surface area contributed by atoms with Gasteiger partial charge in [-0.15, -0.1) is 0 Å². The molecular weight excluding hydrogens is 516 g/mol. The molecule has 212 valence electrons. The summed E-state index contributed by atoms with van der Waals surface area (Å²) in [5.41, 5.74) is 2.48. The fourth-order valence-electron chi connectivity index (χ4n) is 5.18. The number of nitrogens with one attached hydrogen (secondary N) is 3. The predicted octanol–water partition coefficient (Wildman–Crippen LogP) is 4.74. The Hall–Kier alpha value is -4.79. The number of benzene rings is 3. The van der Waals surface area contributed by atoms with E-state index in [4.69, 9.17) is 5.11 Å². The highest BCUT2D eigenvalue weighted by Crippen LogP contribution is 2.41. The highest BCUT2D eigenvalue weighted by Gasteiger charge is 2.39.